The molecule has 0 N–H and O–H groups in total. The fraction of sp³-hybridized carbons (Fsp3) is 0.250. The number of hydrogen-bond acceptors (Lipinski definition) is 4. The summed E-state index contributed by atoms with van der Waals surface area (Å²) in [5.74, 6) is 1.52. The summed E-state index contributed by atoms with van der Waals surface area (Å²) in [7, 11) is 0. The van der Waals surface area contributed by atoms with Gasteiger partial charge in [0.15, 0.2) is 5.65 Å². The third-order valence-corrected chi connectivity index (χ3v) is 7.31. The highest BCUT2D eigenvalue weighted by molar-refractivity contribution is 6.34. The topological polar surface area (TPSA) is 63.7 Å². The number of imidazole rings is 1. The summed E-state index contributed by atoms with van der Waals surface area (Å²) >= 11 is 6.45. The number of nitriles is 1. The van der Waals surface area contributed by atoms with Gasteiger partial charge in [0, 0.05) is 34.9 Å². The number of rotatable bonds is 3. The zero-order valence-electron chi connectivity index (χ0n) is 19.2. The van der Waals surface area contributed by atoms with Crippen molar-refractivity contribution in [1.29, 1.82) is 5.26 Å². The highest BCUT2D eigenvalue weighted by Gasteiger charge is 2.27. The van der Waals surface area contributed by atoms with Crippen molar-refractivity contribution in [1.82, 2.24) is 14.5 Å². The summed E-state index contributed by atoms with van der Waals surface area (Å²) in [6, 6.07) is 14.7. The second-order valence-corrected chi connectivity index (χ2v) is 9.59. The first-order valence-electron chi connectivity index (χ1n) is 11.7. The highest BCUT2D eigenvalue weighted by Crippen LogP contribution is 2.40. The predicted molar refractivity (Wildman–Crippen MR) is 133 cm³/mol. The van der Waals surface area contributed by atoms with Gasteiger partial charge in [0.05, 0.1) is 17.6 Å². The van der Waals surface area contributed by atoms with Crippen molar-refractivity contribution in [3.8, 4) is 11.8 Å². The van der Waals surface area contributed by atoms with E-state index in [0.29, 0.717) is 28.8 Å². The molecular formula is C28H22ClFN4O. The Balaban J connectivity index is 1.45. The van der Waals surface area contributed by atoms with Crippen LogP contribution >= 0.6 is 11.6 Å². The second kappa shape index (κ2) is 8.51. The van der Waals surface area contributed by atoms with Crippen molar-refractivity contribution in [3.63, 3.8) is 0 Å². The van der Waals surface area contributed by atoms with Crippen molar-refractivity contribution < 1.29 is 9.13 Å². The second-order valence-electron chi connectivity index (χ2n) is 9.18. The molecule has 0 saturated heterocycles. The molecular weight excluding hydrogens is 463 g/mol. The van der Waals surface area contributed by atoms with Gasteiger partial charge >= 0.3 is 0 Å². The number of ether oxygens (including phenoxy) is 1. The zero-order valence-corrected chi connectivity index (χ0v) is 19.9. The van der Waals surface area contributed by atoms with E-state index < -0.39 is 0 Å². The van der Waals surface area contributed by atoms with E-state index in [1.54, 1.807) is 25.3 Å². The molecule has 5 nitrogen and oxygen atoms in total. The Labute approximate surface area is 207 Å². The van der Waals surface area contributed by atoms with Crippen molar-refractivity contribution in [2.45, 2.75) is 45.3 Å². The van der Waals surface area contributed by atoms with Crippen molar-refractivity contribution in [3.05, 3.63) is 93.2 Å². The average molecular weight is 485 g/mol. The maximum atomic E-state index is 13.9. The van der Waals surface area contributed by atoms with Gasteiger partial charge in [-0.2, -0.15) is 5.26 Å². The lowest BCUT2D eigenvalue weighted by Gasteiger charge is -2.25. The summed E-state index contributed by atoms with van der Waals surface area (Å²) in [5, 5.41) is 10.3. The first kappa shape index (κ1) is 21.8. The van der Waals surface area contributed by atoms with Gasteiger partial charge in [-0.3, -0.25) is 0 Å². The average Bonchev–Trinajstić information content (AvgIpc) is 3.08. The van der Waals surface area contributed by atoms with Crippen LogP contribution in [0.3, 0.4) is 0 Å². The van der Waals surface area contributed by atoms with Crippen LogP contribution in [0.5, 0.6) is 5.75 Å². The molecule has 2 aromatic heterocycles. The number of hydrogen-bond donors (Lipinski definition) is 0. The van der Waals surface area contributed by atoms with E-state index >= 15 is 0 Å². The minimum absolute atomic E-state index is 0.284. The Morgan fingerprint density at radius 2 is 2.03 bits per heavy atom. The van der Waals surface area contributed by atoms with E-state index in [1.807, 2.05) is 6.07 Å². The first-order chi connectivity index (χ1) is 17.0. The fourth-order valence-corrected chi connectivity index (χ4v) is 5.20. The molecule has 1 aliphatic carbocycles. The van der Waals surface area contributed by atoms with Crippen molar-refractivity contribution >= 4 is 28.3 Å². The molecule has 1 fully saturated rings. The number of allylic oxidation sites excluding steroid dienone is 1. The maximum Gasteiger partial charge on any atom is 0.161 e. The Bertz CT molecular complexity index is 1560. The number of fused-ring (bicyclic) bond motifs is 3. The van der Waals surface area contributed by atoms with Crippen molar-refractivity contribution in [2.75, 3.05) is 0 Å². The largest absolute Gasteiger partial charge is 0.488 e. The molecule has 4 aromatic rings. The van der Waals surface area contributed by atoms with Crippen LogP contribution in [-0.4, -0.2) is 14.5 Å². The Morgan fingerprint density at radius 1 is 1.20 bits per heavy atom. The van der Waals surface area contributed by atoms with E-state index in [4.69, 9.17) is 21.3 Å². The Hall–Kier alpha value is -3.69. The highest BCUT2D eigenvalue weighted by atomic mass is 35.5. The summed E-state index contributed by atoms with van der Waals surface area (Å²) in [6.07, 6.45) is 5.17. The van der Waals surface area contributed by atoms with E-state index in [-0.39, 0.29) is 12.4 Å². The fourth-order valence-electron chi connectivity index (χ4n) is 5.01. The van der Waals surface area contributed by atoms with Gasteiger partial charge in [-0.1, -0.05) is 30.2 Å². The van der Waals surface area contributed by atoms with Crippen LogP contribution in [0.4, 0.5) is 4.39 Å². The molecule has 1 aliphatic heterocycles. The molecule has 2 aromatic carbocycles. The standard InChI is InChI=1S/C28H22ClFN4O/c1-16(13-31)25-21-7-5-17(11-19(21)15-35-24-12-20(30)6-8-22(24)25)14-34-27(18-3-2-4-18)33-26-23(29)9-10-32-28(26)34/h5-12,18H,2-4,14-15H2,1H3. The first-order valence-corrected chi connectivity index (χ1v) is 12.1. The van der Waals surface area contributed by atoms with Gasteiger partial charge in [-0.25, -0.2) is 14.4 Å². The molecule has 0 amide bonds. The number of benzene rings is 2. The third-order valence-electron chi connectivity index (χ3n) is 7.00. The van der Waals surface area contributed by atoms with Gasteiger partial charge < -0.3 is 9.30 Å². The lowest BCUT2D eigenvalue weighted by molar-refractivity contribution is 0.305. The Morgan fingerprint density at radius 3 is 2.80 bits per heavy atom. The minimum atomic E-state index is -0.369. The molecule has 3 heterocycles. The van der Waals surface area contributed by atoms with Crippen molar-refractivity contribution in [2.24, 2.45) is 0 Å². The summed E-state index contributed by atoms with van der Waals surface area (Å²) in [4.78, 5) is 9.48. The molecule has 0 atom stereocenters. The van der Waals surface area contributed by atoms with Crippen LogP contribution < -0.4 is 4.74 Å². The van der Waals surface area contributed by atoms with Gasteiger partial charge in [-0.05, 0) is 60.7 Å². The number of nitrogens with zero attached hydrogens (tertiary/aromatic N) is 4. The monoisotopic (exact) mass is 484 g/mol. The van der Waals surface area contributed by atoms with E-state index in [9.17, 15) is 9.65 Å². The van der Waals surface area contributed by atoms with Crippen LogP contribution in [0.1, 0.15) is 60.2 Å². The number of pyridine rings is 1. The Kier molecular flexibility index (Phi) is 5.31. The third kappa shape index (κ3) is 3.67. The van der Waals surface area contributed by atoms with Crippen LogP contribution in [0.15, 0.2) is 54.2 Å². The molecule has 2 aliphatic rings. The molecule has 35 heavy (non-hydrogen) atoms. The van der Waals surface area contributed by atoms with Gasteiger partial charge in [0.1, 0.15) is 29.5 Å². The predicted octanol–water partition coefficient (Wildman–Crippen LogP) is 6.78. The normalized spacial score (nSPS) is 16.5. The molecule has 174 valence electrons. The molecule has 0 spiro atoms. The molecule has 0 radical (unpaired) electrons. The van der Waals surface area contributed by atoms with E-state index in [1.165, 1.54) is 18.6 Å². The van der Waals surface area contributed by atoms with Crippen LogP contribution in [-0.2, 0) is 13.2 Å². The number of halogens is 2. The molecule has 1 saturated carbocycles. The van der Waals surface area contributed by atoms with E-state index in [0.717, 1.165) is 57.7 Å². The maximum absolute atomic E-state index is 13.9. The molecule has 7 heteroatoms. The molecule has 6 rings (SSSR count). The van der Waals surface area contributed by atoms with Gasteiger partial charge in [0.25, 0.3) is 0 Å². The van der Waals surface area contributed by atoms with Gasteiger partial charge in [0.2, 0.25) is 0 Å². The molecule has 0 unspecified atom stereocenters. The van der Waals surface area contributed by atoms with Gasteiger partial charge in [-0.15, -0.1) is 0 Å². The summed E-state index contributed by atoms with van der Waals surface area (Å²) < 4.78 is 22.1. The van der Waals surface area contributed by atoms with Crippen LogP contribution in [0, 0.1) is 17.1 Å². The molecule has 0 bridgehead atoms. The zero-order chi connectivity index (χ0) is 24.1. The summed E-state index contributed by atoms with van der Waals surface area (Å²) in [6.45, 7) is 2.66. The lowest BCUT2D eigenvalue weighted by Crippen LogP contribution is -2.16. The quantitative estimate of drug-likeness (QED) is 0.301. The number of aromatic nitrogens is 3. The summed E-state index contributed by atoms with van der Waals surface area (Å²) in [5.41, 5.74) is 6.53. The lowest BCUT2D eigenvalue weighted by atomic mass is 9.85. The van der Waals surface area contributed by atoms with Crippen LogP contribution in [0.2, 0.25) is 5.02 Å². The smallest absolute Gasteiger partial charge is 0.161 e. The van der Waals surface area contributed by atoms with E-state index in [2.05, 4.69) is 27.8 Å². The van der Waals surface area contributed by atoms with Crippen LogP contribution in [0.25, 0.3) is 16.7 Å². The SMILES string of the molecule is CC(C#N)=C1c2ccc(Cn3c(C4CCC4)nc4c(Cl)ccnc43)cc2COc2cc(F)ccc21. The minimum Gasteiger partial charge on any atom is -0.488 e.